The van der Waals surface area contributed by atoms with E-state index in [1.54, 1.807) is 11.3 Å². The standard InChI is InChI=1S/C18H24N4O2S/c1-18(2,3)21-17(24)20-15(23)11-22-10-6-8-13(22)16-19-12-7-4-5-9-14(12)25-16/h4-5,7,9,13H,6,8,10-11H2,1-3H3,(H2,20,21,23,24)/t13-/m0/s1. The molecule has 0 aliphatic carbocycles. The fourth-order valence-corrected chi connectivity index (χ4v) is 4.19. The fraction of sp³-hybridized carbons (Fsp3) is 0.500. The lowest BCUT2D eigenvalue weighted by Gasteiger charge is -2.23. The molecular weight excluding hydrogens is 336 g/mol. The van der Waals surface area contributed by atoms with Gasteiger partial charge in [-0.1, -0.05) is 12.1 Å². The number of rotatable bonds is 3. The first-order valence-electron chi connectivity index (χ1n) is 8.53. The summed E-state index contributed by atoms with van der Waals surface area (Å²) >= 11 is 1.68. The second-order valence-corrected chi connectivity index (χ2v) is 8.46. The van der Waals surface area contributed by atoms with Crippen molar-refractivity contribution in [2.75, 3.05) is 13.1 Å². The van der Waals surface area contributed by atoms with E-state index in [1.165, 1.54) is 4.70 Å². The van der Waals surface area contributed by atoms with Crippen molar-refractivity contribution >= 4 is 33.5 Å². The van der Waals surface area contributed by atoms with E-state index in [1.807, 2.05) is 39.0 Å². The van der Waals surface area contributed by atoms with Crippen LogP contribution in [0.3, 0.4) is 0 Å². The average molecular weight is 360 g/mol. The van der Waals surface area contributed by atoms with E-state index >= 15 is 0 Å². The third-order valence-corrected chi connectivity index (χ3v) is 5.18. The molecule has 1 aliphatic heterocycles. The molecule has 6 nitrogen and oxygen atoms in total. The van der Waals surface area contributed by atoms with Gasteiger partial charge in [0.15, 0.2) is 0 Å². The molecule has 1 aromatic carbocycles. The van der Waals surface area contributed by atoms with Crippen LogP contribution in [0.4, 0.5) is 4.79 Å². The number of thiazole rings is 1. The SMILES string of the molecule is CC(C)(C)NC(=O)NC(=O)CN1CCC[C@H]1c1nc2ccccc2s1. The molecule has 1 fully saturated rings. The number of nitrogens with zero attached hydrogens (tertiary/aromatic N) is 2. The summed E-state index contributed by atoms with van der Waals surface area (Å²) < 4.78 is 1.17. The Morgan fingerprint density at radius 1 is 1.32 bits per heavy atom. The fourth-order valence-electron chi connectivity index (χ4n) is 3.05. The van der Waals surface area contributed by atoms with Crippen LogP contribution >= 0.6 is 11.3 Å². The van der Waals surface area contributed by atoms with Crippen LogP contribution in [0.2, 0.25) is 0 Å². The van der Waals surface area contributed by atoms with Gasteiger partial charge < -0.3 is 5.32 Å². The second-order valence-electron chi connectivity index (χ2n) is 7.40. The molecule has 2 heterocycles. The number of nitrogens with one attached hydrogen (secondary N) is 2. The highest BCUT2D eigenvalue weighted by Gasteiger charge is 2.30. The molecular formula is C18H24N4O2S. The van der Waals surface area contributed by atoms with E-state index in [-0.39, 0.29) is 24.0 Å². The first-order valence-corrected chi connectivity index (χ1v) is 9.35. The highest BCUT2D eigenvalue weighted by molar-refractivity contribution is 7.18. The summed E-state index contributed by atoms with van der Waals surface area (Å²) in [6.45, 7) is 6.68. The summed E-state index contributed by atoms with van der Waals surface area (Å²) in [6, 6.07) is 7.77. The van der Waals surface area contributed by atoms with Gasteiger partial charge in [0.05, 0.1) is 22.8 Å². The Hall–Kier alpha value is -1.99. The summed E-state index contributed by atoms with van der Waals surface area (Å²) in [7, 11) is 0. The van der Waals surface area contributed by atoms with Gasteiger partial charge >= 0.3 is 6.03 Å². The van der Waals surface area contributed by atoms with Crippen molar-refractivity contribution in [1.82, 2.24) is 20.5 Å². The molecule has 1 aliphatic rings. The maximum Gasteiger partial charge on any atom is 0.321 e. The van der Waals surface area contributed by atoms with Crippen molar-refractivity contribution in [2.45, 2.75) is 45.2 Å². The van der Waals surface area contributed by atoms with Crippen molar-refractivity contribution in [2.24, 2.45) is 0 Å². The number of urea groups is 1. The highest BCUT2D eigenvalue weighted by Crippen LogP contribution is 2.36. The summed E-state index contributed by atoms with van der Waals surface area (Å²) in [5.74, 6) is -0.283. The molecule has 0 radical (unpaired) electrons. The van der Waals surface area contributed by atoms with Crippen LogP contribution in [0.25, 0.3) is 10.2 Å². The molecule has 0 saturated carbocycles. The van der Waals surface area contributed by atoms with E-state index < -0.39 is 6.03 Å². The van der Waals surface area contributed by atoms with Gasteiger partial charge in [-0.25, -0.2) is 9.78 Å². The van der Waals surface area contributed by atoms with Crippen molar-refractivity contribution in [3.63, 3.8) is 0 Å². The smallest absolute Gasteiger partial charge is 0.321 e. The zero-order chi connectivity index (χ0) is 18.0. The zero-order valence-electron chi connectivity index (χ0n) is 14.8. The second kappa shape index (κ2) is 7.09. The average Bonchev–Trinajstić information content (AvgIpc) is 3.10. The van der Waals surface area contributed by atoms with Gasteiger partial charge in [0, 0.05) is 5.54 Å². The van der Waals surface area contributed by atoms with Crippen molar-refractivity contribution in [3.8, 4) is 0 Å². The van der Waals surface area contributed by atoms with Gasteiger partial charge in [-0.2, -0.15) is 0 Å². The van der Waals surface area contributed by atoms with Crippen LogP contribution in [-0.2, 0) is 4.79 Å². The highest BCUT2D eigenvalue weighted by atomic mass is 32.1. The predicted octanol–water partition coefficient (Wildman–Crippen LogP) is 3.06. The van der Waals surface area contributed by atoms with Crippen LogP contribution in [0.1, 0.15) is 44.7 Å². The first kappa shape index (κ1) is 17.8. The van der Waals surface area contributed by atoms with E-state index in [2.05, 4.69) is 21.6 Å². The van der Waals surface area contributed by atoms with Crippen LogP contribution in [0.15, 0.2) is 24.3 Å². The zero-order valence-corrected chi connectivity index (χ0v) is 15.7. The van der Waals surface area contributed by atoms with Crippen molar-refractivity contribution in [3.05, 3.63) is 29.3 Å². The molecule has 1 aromatic heterocycles. The van der Waals surface area contributed by atoms with Gasteiger partial charge in [-0.3, -0.25) is 15.0 Å². The Morgan fingerprint density at radius 3 is 2.80 bits per heavy atom. The molecule has 134 valence electrons. The monoisotopic (exact) mass is 360 g/mol. The van der Waals surface area contributed by atoms with E-state index in [4.69, 9.17) is 4.98 Å². The van der Waals surface area contributed by atoms with Crippen LogP contribution in [0, 0.1) is 0 Å². The Labute approximate surface area is 151 Å². The minimum Gasteiger partial charge on any atom is -0.333 e. The maximum absolute atomic E-state index is 12.2. The van der Waals surface area contributed by atoms with Gasteiger partial charge in [0.2, 0.25) is 5.91 Å². The number of likely N-dealkylation sites (tertiary alicyclic amines) is 1. The molecule has 1 saturated heterocycles. The largest absolute Gasteiger partial charge is 0.333 e. The Balaban J connectivity index is 1.63. The number of fused-ring (bicyclic) bond motifs is 1. The molecule has 0 bridgehead atoms. The van der Waals surface area contributed by atoms with Gasteiger partial charge in [0.1, 0.15) is 5.01 Å². The molecule has 25 heavy (non-hydrogen) atoms. The lowest BCUT2D eigenvalue weighted by molar-refractivity contribution is -0.121. The van der Waals surface area contributed by atoms with Crippen molar-refractivity contribution < 1.29 is 9.59 Å². The molecule has 3 amide bonds. The summed E-state index contributed by atoms with van der Waals surface area (Å²) in [5.41, 5.74) is 0.630. The number of carbonyl (C=O) groups excluding carboxylic acids is 2. The van der Waals surface area contributed by atoms with Gasteiger partial charge in [-0.05, 0) is 52.3 Å². The maximum atomic E-state index is 12.2. The topological polar surface area (TPSA) is 74.3 Å². The Morgan fingerprint density at radius 2 is 2.08 bits per heavy atom. The van der Waals surface area contributed by atoms with Crippen LogP contribution in [0.5, 0.6) is 0 Å². The number of aromatic nitrogens is 1. The summed E-state index contributed by atoms with van der Waals surface area (Å²) in [4.78, 5) is 30.9. The molecule has 7 heteroatoms. The molecule has 3 rings (SSSR count). The van der Waals surface area contributed by atoms with E-state index in [9.17, 15) is 9.59 Å². The lowest BCUT2D eigenvalue weighted by Crippen LogP contribution is -2.50. The summed E-state index contributed by atoms with van der Waals surface area (Å²) in [5, 5.41) is 6.20. The third-order valence-electron chi connectivity index (χ3n) is 4.05. The summed E-state index contributed by atoms with van der Waals surface area (Å²) in [6.07, 6.45) is 2.02. The molecule has 2 N–H and O–H groups in total. The Bertz CT molecular complexity index is 748. The third kappa shape index (κ3) is 4.55. The first-order chi connectivity index (χ1) is 11.8. The van der Waals surface area contributed by atoms with Gasteiger partial charge in [0.25, 0.3) is 0 Å². The van der Waals surface area contributed by atoms with Crippen LogP contribution < -0.4 is 10.6 Å². The van der Waals surface area contributed by atoms with Crippen molar-refractivity contribution in [1.29, 1.82) is 0 Å². The minimum atomic E-state index is -0.451. The number of benzene rings is 1. The molecule has 0 spiro atoms. The lowest BCUT2D eigenvalue weighted by atomic mass is 10.1. The number of carbonyl (C=O) groups is 2. The van der Waals surface area contributed by atoms with Crippen LogP contribution in [-0.4, -0.2) is 40.5 Å². The minimum absolute atomic E-state index is 0.147. The van der Waals surface area contributed by atoms with E-state index in [0.717, 1.165) is 29.9 Å². The number of para-hydroxylation sites is 1. The molecule has 2 aromatic rings. The van der Waals surface area contributed by atoms with Gasteiger partial charge in [-0.15, -0.1) is 11.3 Å². The quantitative estimate of drug-likeness (QED) is 0.882. The number of imide groups is 1. The Kier molecular flexibility index (Phi) is 5.06. The predicted molar refractivity (Wildman–Crippen MR) is 99.6 cm³/mol. The number of hydrogen-bond donors (Lipinski definition) is 2. The molecule has 1 atom stereocenters. The molecule has 0 unspecified atom stereocenters. The normalized spacial score (nSPS) is 18.4. The number of hydrogen-bond acceptors (Lipinski definition) is 5. The number of amides is 3. The van der Waals surface area contributed by atoms with E-state index in [0.29, 0.717) is 0 Å².